The van der Waals surface area contributed by atoms with Gasteiger partial charge in [-0.1, -0.05) is 273 Å². The van der Waals surface area contributed by atoms with E-state index in [1.807, 2.05) is 0 Å². The van der Waals surface area contributed by atoms with Gasteiger partial charge in [0.05, 0.1) is 16.6 Å². The maximum absolute atomic E-state index is 4.24. The lowest BCUT2D eigenvalue weighted by molar-refractivity contribution is 0.155. The molecule has 4 nitrogen and oxygen atoms in total. The van der Waals surface area contributed by atoms with E-state index in [1.165, 1.54) is 50.1 Å². The molecule has 0 aromatic heterocycles. The minimum atomic E-state index is -0.608. The third-order valence-corrected chi connectivity index (χ3v) is 13.3. The van der Waals surface area contributed by atoms with E-state index in [-0.39, 0.29) is 0 Å². The van der Waals surface area contributed by atoms with Crippen LogP contribution in [0.1, 0.15) is 50.1 Å². The van der Waals surface area contributed by atoms with Crippen LogP contribution in [0.3, 0.4) is 0 Å². The molecule has 0 unspecified atom stereocenters. The summed E-state index contributed by atoms with van der Waals surface area (Å²) < 4.78 is 0. The van der Waals surface area contributed by atoms with E-state index in [4.69, 9.17) is 0 Å². The Balaban J connectivity index is 1.07. The van der Waals surface area contributed by atoms with Crippen molar-refractivity contribution in [1.82, 2.24) is 20.9 Å². The SMILES string of the molecule is c1ccc(C(NCCNCCN(CCNC(c2ccccc2)(c2ccccc2)c2ccccc2)C(c2ccccc2)(c2ccccc2)c2ccccc2)(c2ccccc2)c2ccccc2)cc1. The molecule has 9 aromatic rings. The van der Waals surface area contributed by atoms with Crippen molar-refractivity contribution in [1.29, 1.82) is 0 Å². The predicted molar refractivity (Wildman–Crippen MR) is 278 cm³/mol. The molecule has 9 rings (SSSR count). The average molecular weight is 873 g/mol. The highest BCUT2D eigenvalue weighted by Crippen LogP contribution is 2.43. The Morgan fingerprint density at radius 3 is 0.731 bits per heavy atom. The molecule has 9 aromatic carbocycles. The van der Waals surface area contributed by atoms with Crippen molar-refractivity contribution in [3.05, 3.63) is 323 Å². The van der Waals surface area contributed by atoms with Crippen molar-refractivity contribution in [2.75, 3.05) is 39.3 Å². The van der Waals surface area contributed by atoms with Crippen molar-refractivity contribution < 1.29 is 0 Å². The number of hydrogen-bond donors (Lipinski definition) is 3. The molecule has 4 heteroatoms. The molecule has 0 radical (unpaired) electrons. The van der Waals surface area contributed by atoms with Crippen LogP contribution in [0.4, 0.5) is 0 Å². The number of rotatable bonds is 21. The number of benzene rings is 9. The molecule has 3 N–H and O–H groups in total. The van der Waals surface area contributed by atoms with Crippen LogP contribution in [-0.4, -0.2) is 44.2 Å². The van der Waals surface area contributed by atoms with Crippen molar-refractivity contribution in [3.8, 4) is 0 Å². The highest BCUT2D eigenvalue weighted by atomic mass is 15.2. The molecule has 0 fully saturated rings. The summed E-state index contributed by atoms with van der Waals surface area (Å²) >= 11 is 0. The minimum Gasteiger partial charge on any atom is -0.314 e. The van der Waals surface area contributed by atoms with Crippen LogP contribution in [0.2, 0.25) is 0 Å². The molecule has 0 amide bonds. The Hall–Kier alpha value is -7.18. The second kappa shape index (κ2) is 21.9. The Bertz CT molecular complexity index is 2500. The van der Waals surface area contributed by atoms with Gasteiger partial charge >= 0.3 is 0 Å². The topological polar surface area (TPSA) is 39.3 Å². The quantitative estimate of drug-likeness (QED) is 0.0497. The van der Waals surface area contributed by atoms with Gasteiger partial charge in [-0.2, -0.15) is 0 Å². The number of hydrogen-bond acceptors (Lipinski definition) is 4. The van der Waals surface area contributed by atoms with Gasteiger partial charge in [0.25, 0.3) is 0 Å². The molecule has 0 heterocycles. The first-order valence-electron chi connectivity index (χ1n) is 23.7. The average Bonchev–Trinajstić information content (AvgIpc) is 3.42. The molecule has 0 saturated carbocycles. The van der Waals surface area contributed by atoms with Gasteiger partial charge in [-0.25, -0.2) is 0 Å². The summed E-state index contributed by atoms with van der Waals surface area (Å²) in [6.45, 7) is 4.50. The largest absolute Gasteiger partial charge is 0.314 e. The zero-order valence-electron chi connectivity index (χ0n) is 38.2. The summed E-state index contributed by atoms with van der Waals surface area (Å²) in [7, 11) is 0. The van der Waals surface area contributed by atoms with Crippen molar-refractivity contribution in [2.24, 2.45) is 0 Å². The first-order valence-corrected chi connectivity index (χ1v) is 23.7. The lowest BCUT2D eigenvalue weighted by Crippen LogP contribution is -2.54. The molecule has 0 aliphatic heterocycles. The van der Waals surface area contributed by atoms with Gasteiger partial charge in [0.2, 0.25) is 0 Å². The molecule has 0 saturated heterocycles. The monoisotopic (exact) mass is 872 g/mol. The Morgan fingerprint density at radius 2 is 0.463 bits per heavy atom. The molecule has 0 bridgehead atoms. The molecule has 67 heavy (non-hydrogen) atoms. The maximum Gasteiger partial charge on any atom is 0.0973 e. The summed E-state index contributed by atoms with van der Waals surface area (Å²) in [6.07, 6.45) is 0. The van der Waals surface area contributed by atoms with Gasteiger partial charge < -0.3 is 5.32 Å². The van der Waals surface area contributed by atoms with Crippen molar-refractivity contribution in [3.63, 3.8) is 0 Å². The Morgan fingerprint density at radius 1 is 0.239 bits per heavy atom. The third-order valence-electron chi connectivity index (χ3n) is 13.3. The van der Waals surface area contributed by atoms with Crippen LogP contribution in [0, 0.1) is 0 Å². The molecule has 0 spiro atoms. The van der Waals surface area contributed by atoms with Crippen LogP contribution in [0.5, 0.6) is 0 Å². The first kappa shape index (κ1) is 45.0. The molecule has 332 valence electrons. The van der Waals surface area contributed by atoms with E-state index >= 15 is 0 Å². The van der Waals surface area contributed by atoms with Gasteiger partial charge in [-0.3, -0.25) is 15.5 Å². The molecule has 0 aliphatic carbocycles. The van der Waals surface area contributed by atoms with Gasteiger partial charge in [-0.05, 0) is 50.1 Å². The fourth-order valence-electron chi connectivity index (χ4n) is 10.3. The molecular formula is C63H60N4. The van der Waals surface area contributed by atoms with E-state index in [9.17, 15) is 0 Å². The molecule has 0 atom stereocenters. The van der Waals surface area contributed by atoms with Crippen LogP contribution < -0.4 is 16.0 Å². The lowest BCUT2D eigenvalue weighted by atomic mass is 9.75. The zero-order chi connectivity index (χ0) is 45.5. The Labute approximate surface area is 398 Å². The van der Waals surface area contributed by atoms with Crippen LogP contribution >= 0.6 is 0 Å². The zero-order valence-corrected chi connectivity index (χ0v) is 38.2. The fraction of sp³-hybridized carbons (Fsp3) is 0.143. The lowest BCUT2D eigenvalue weighted by Gasteiger charge is -2.46. The Kier molecular flexibility index (Phi) is 14.7. The summed E-state index contributed by atoms with van der Waals surface area (Å²) in [4.78, 5) is 2.70. The predicted octanol–water partition coefficient (Wildman–Crippen LogP) is 12.0. The highest BCUT2D eigenvalue weighted by Gasteiger charge is 2.43. The van der Waals surface area contributed by atoms with Gasteiger partial charge in [0, 0.05) is 39.3 Å². The van der Waals surface area contributed by atoms with Gasteiger partial charge in [0.15, 0.2) is 0 Å². The van der Waals surface area contributed by atoms with Crippen molar-refractivity contribution >= 4 is 0 Å². The fourth-order valence-corrected chi connectivity index (χ4v) is 10.3. The van der Waals surface area contributed by atoms with E-state index < -0.39 is 16.6 Å². The van der Waals surface area contributed by atoms with Crippen LogP contribution in [0.15, 0.2) is 273 Å². The highest BCUT2D eigenvalue weighted by molar-refractivity contribution is 5.52. The second-order valence-electron chi connectivity index (χ2n) is 17.1. The summed E-state index contributed by atoms with van der Waals surface area (Å²) in [6, 6.07) is 98.6. The smallest absolute Gasteiger partial charge is 0.0973 e. The third kappa shape index (κ3) is 9.44. The second-order valence-corrected chi connectivity index (χ2v) is 17.1. The summed E-state index contributed by atoms with van der Waals surface area (Å²) in [5, 5.41) is 12.3. The number of nitrogens with one attached hydrogen (secondary N) is 3. The maximum atomic E-state index is 4.24. The van der Waals surface area contributed by atoms with Gasteiger partial charge in [-0.15, -0.1) is 0 Å². The van der Waals surface area contributed by atoms with Crippen LogP contribution in [0.25, 0.3) is 0 Å². The first-order chi connectivity index (χ1) is 33.3. The van der Waals surface area contributed by atoms with Crippen LogP contribution in [-0.2, 0) is 16.6 Å². The normalized spacial score (nSPS) is 12.0. The van der Waals surface area contributed by atoms with Crippen molar-refractivity contribution in [2.45, 2.75) is 16.6 Å². The summed E-state index contributed by atoms with van der Waals surface area (Å²) in [5.41, 5.74) is 9.18. The van der Waals surface area contributed by atoms with E-state index in [0.29, 0.717) is 6.54 Å². The molecule has 0 aliphatic rings. The van der Waals surface area contributed by atoms with E-state index in [2.05, 4.69) is 294 Å². The van der Waals surface area contributed by atoms with Gasteiger partial charge in [0.1, 0.15) is 0 Å². The molecular weight excluding hydrogens is 813 g/mol. The summed E-state index contributed by atoms with van der Waals surface area (Å²) in [5.74, 6) is 0. The van der Waals surface area contributed by atoms with E-state index in [0.717, 1.165) is 32.7 Å². The standard InChI is InChI=1S/C63H60N4/c1-10-28-52(29-11-1)61(53-30-12-2-13-31-53,54-32-14-3-15-33-54)65-47-46-64-48-50-67(63(58-40-22-7-23-41-58,59-42-24-8-25-43-59)60-44-26-9-27-45-60)51-49-66-62(55-34-16-4-17-35-55,56-36-18-5-19-37-56)57-38-20-6-21-39-57/h1-45,64-66H,46-51H2. The van der Waals surface area contributed by atoms with E-state index in [1.54, 1.807) is 0 Å². The number of nitrogens with zero attached hydrogens (tertiary/aromatic N) is 1. The minimum absolute atomic E-state index is 0.533.